The zero-order valence-electron chi connectivity index (χ0n) is 7.34. The van der Waals surface area contributed by atoms with Gasteiger partial charge < -0.3 is 5.11 Å². The maximum atomic E-state index is 9.29. The highest BCUT2D eigenvalue weighted by Crippen LogP contribution is 2.22. The van der Waals surface area contributed by atoms with Gasteiger partial charge in [0.05, 0.1) is 6.10 Å². The first-order valence-electron chi connectivity index (χ1n) is 4.69. The van der Waals surface area contributed by atoms with Crippen molar-refractivity contribution in [2.45, 2.75) is 51.6 Å². The van der Waals surface area contributed by atoms with E-state index < -0.39 is 0 Å². The van der Waals surface area contributed by atoms with Crippen LogP contribution in [0.25, 0.3) is 0 Å². The van der Waals surface area contributed by atoms with Crippen molar-refractivity contribution in [1.29, 1.82) is 0 Å². The molecule has 0 spiro atoms. The van der Waals surface area contributed by atoms with Gasteiger partial charge in [0.15, 0.2) is 0 Å². The Hall–Kier alpha value is -0.300. The molecule has 1 aliphatic rings. The van der Waals surface area contributed by atoms with E-state index in [0.717, 1.165) is 19.3 Å². The zero-order chi connectivity index (χ0) is 8.10. The summed E-state index contributed by atoms with van der Waals surface area (Å²) in [5, 5.41) is 9.29. The van der Waals surface area contributed by atoms with Crippen LogP contribution in [0, 0.1) is 0 Å². The minimum atomic E-state index is -0.0727. The highest BCUT2D eigenvalue weighted by molar-refractivity contribution is 5.07. The quantitative estimate of drug-likeness (QED) is 0.617. The van der Waals surface area contributed by atoms with Gasteiger partial charge in [-0.2, -0.15) is 0 Å². The summed E-state index contributed by atoms with van der Waals surface area (Å²) in [6, 6.07) is 0. The Balaban J connectivity index is 2.11. The molecule has 1 N–H and O–H groups in total. The molecular formula is C10H18O. The highest BCUT2D eigenvalue weighted by Gasteiger charge is 2.06. The molecule has 64 valence electrons. The van der Waals surface area contributed by atoms with E-state index >= 15 is 0 Å². The molecule has 0 amide bonds. The van der Waals surface area contributed by atoms with E-state index in [1.807, 2.05) is 6.92 Å². The van der Waals surface area contributed by atoms with Crippen molar-refractivity contribution in [3.63, 3.8) is 0 Å². The van der Waals surface area contributed by atoms with Crippen LogP contribution in [-0.2, 0) is 0 Å². The van der Waals surface area contributed by atoms with Gasteiger partial charge in [-0.05, 0) is 38.5 Å². The maximum absolute atomic E-state index is 9.29. The minimum Gasteiger partial charge on any atom is -0.393 e. The number of hydrogen-bond acceptors (Lipinski definition) is 1. The van der Waals surface area contributed by atoms with Gasteiger partial charge in [-0.25, -0.2) is 0 Å². The molecule has 0 heterocycles. The van der Waals surface area contributed by atoms with Gasteiger partial charge in [-0.3, -0.25) is 0 Å². The van der Waals surface area contributed by atoms with E-state index in [-0.39, 0.29) is 6.10 Å². The number of allylic oxidation sites excluding steroid dienone is 2. The Morgan fingerprint density at radius 2 is 2.45 bits per heavy atom. The third-order valence-electron chi connectivity index (χ3n) is 2.40. The van der Waals surface area contributed by atoms with E-state index in [4.69, 9.17) is 0 Å². The molecule has 0 aromatic heterocycles. The predicted octanol–water partition coefficient (Wildman–Crippen LogP) is 2.65. The standard InChI is InChI=1S/C10H18O/c1-2-10(11)8-7-9-5-3-4-6-9/h5,10-11H,2-4,6-8H2,1H3. The van der Waals surface area contributed by atoms with Gasteiger partial charge in [-0.15, -0.1) is 0 Å². The number of hydrogen-bond donors (Lipinski definition) is 1. The van der Waals surface area contributed by atoms with Crippen LogP contribution in [-0.4, -0.2) is 11.2 Å². The van der Waals surface area contributed by atoms with Crippen LogP contribution in [0.15, 0.2) is 11.6 Å². The average Bonchev–Trinajstić information content (AvgIpc) is 2.52. The van der Waals surface area contributed by atoms with Gasteiger partial charge in [-0.1, -0.05) is 18.6 Å². The van der Waals surface area contributed by atoms with Crippen molar-refractivity contribution >= 4 is 0 Å². The smallest absolute Gasteiger partial charge is 0.0540 e. The fourth-order valence-corrected chi connectivity index (χ4v) is 1.52. The normalized spacial score (nSPS) is 20.0. The van der Waals surface area contributed by atoms with E-state index in [9.17, 15) is 5.11 Å². The lowest BCUT2D eigenvalue weighted by Crippen LogP contribution is -2.03. The van der Waals surface area contributed by atoms with E-state index in [2.05, 4.69) is 6.08 Å². The number of rotatable bonds is 4. The second kappa shape index (κ2) is 4.55. The molecule has 1 heteroatoms. The molecule has 1 atom stereocenters. The second-order valence-electron chi connectivity index (χ2n) is 3.36. The summed E-state index contributed by atoms with van der Waals surface area (Å²) in [5.74, 6) is 0. The van der Waals surface area contributed by atoms with Crippen molar-refractivity contribution in [2.24, 2.45) is 0 Å². The summed E-state index contributed by atoms with van der Waals surface area (Å²) in [7, 11) is 0. The van der Waals surface area contributed by atoms with Gasteiger partial charge >= 0.3 is 0 Å². The van der Waals surface area contributed by atoms with Crippen LogP contribution in [0.2, 0.25) is 0 Å². The molecule has 0 radical (unpaired) electrons. The fourth-order valence-electron chi connectivity index (χ4n) is 1.52. The molecule has 0 saturated carbocycles. The average molecular weight is 154 g/mol. The zero-order valence-corrected chi connectivity index (χ0v) is 7.34. The molecule has 0 bridgehead atoms. The predicted molar refractivity (Wildman–Crippen MR) is 47.5 cm³/mol. The van der Waals surface area contributed by atoms with Crippen LogP contribution >= 0.6 is 0 Å². The molecule has 0 saturated heterocycles. The minimum absolute atomic E-state index is 0.0727. The van der Waals surface area contributed by atoms with Crippen LogP contribution in [0.3, 0.4) is 0 Å². The highest BCUT2D eigenvalue weighted by atomic mass is 16.3. The Bertz CT molecular complexity index is 138. The van der Waals surface area contributed by atoms with E-state index in [1.54, 1.807) is 5.57 Å². The lowest BCUT2D eigenvalue weighted by Gasteiger charge is -2.06. The summed E-state index contributed by atoms with van der Waals surface area (Å²) in [6.45, 7) is 2.04. The van der Waals surface area contributed by atoms with E-state index in [0.29, 0.717) is 0 Å². The van der Waals surface area contributed by atoms with Gasteiger partial charge in [0.25, 0.3) is 0 Å². The summed E-state index contributed by atoms with van der Waals surface area (Å²) < 4.78 is 0. The fraction of sp³-hybridized carbons (Fsp3) is 0.800. The third-order valence-corrected chi connectivity index (χ3v) is 2.40. The van der Waals surface area contributed by atoms with Crippen LogP contribution in [0.5, 0.6) is 0 Å². The van der Waals surface area contributed by atoms with Gasteiger partial charge in [0.2, 0.25) is 0 Å². The van der Waals surface area contributed by atoms with Gasteiger partial charge in [0.1, 0.15) is 0 Å². The Labute approximate surface area is 69.1 Å². The Kier molecular flexibility index (Phi) is 3.64. The molecule has 1 nitrogen and oxygen atoms in total. The maximum Gasteiger partial charge on any atom is 0.0540 e. The molecular weight excluding hydrogens is 136 g/mol. The molecule has 0 aromatic carbocycles. The molecule has 1 rings (SSSR count). The third kappa shape index (κ3) is 3.06. The first-order chi connectivity index (χ1) is 5.33. The molecule has 0 aliphatic heterocycles. The van der Waals surface area contributed by atoms with Crippen LogP contribution < -0.4 is 0 Å². The van der Waals surface area contributed by atoms with Crippen molar-refractivity contribution in [3.05, 3.63) is 11.6 Å². The summed E-state index contributed by atoms with van der Waals surface area (Å²) in [4.78, 5) is 0. The number of aliphatic hydroxyl groups excluding tert-OH is 1. The summed E-state index contributed by atoms with van der Waals surface area (Å²) in [6.07, 6.45) is 9.11. The molecule has 1 unspecified atom stereocenters. The Morgan fingerprint density at radius 1 is 1.64 bits per heavy atom. The Morgan fingerprint density at radius 3 is 3.00 bits per heavy atom. The topological polar surface area (TPSA) is 20.2 Å². The first kappa shape index (κ1) is 8.79. The molecule has 11 heavy (non-hydrogen) atoms. The largest absolute Gasteiger partial charge is 0.393 e. The second-order valence-corrected chi connectivity index (χ2v) is 3.36. The van der Waals surface area contributed by atoms with Crippen LogP contribution in [0.4, 0.5) is 0 Å². The van der Waals surface area contributed by atoms with Crippen molar-refractivity contribution < 1.29 is 5.11 Å². The molecule has 0 aromatic rings. The monoisotopic (exact) mass is 154 g/mol. The number of aliphatic hydroxyl groups is 1. The first-order valence-corrected chi connectivity index (χ1v) is 4.69. The van der Waals surface area contributed by atoms with Crippen LogP contribution in [0.1, 0.15) is 45.4 Å². The molecule has 1 aliphatic carbocycles. The van der Waals surface area contributed by atoms with Gasteiger partial charge in [0, 0.05) is 0 Å². The summed E-state index contributed by atoms with van der Waals surface area (Å²) in [5.41, 5.74) is 1.57. The SMILES string of the molecule is CCC(O)CCC1=CCCC1. The molecule has 0 fully saturated rings. The van der Waals surface area contributed by atoms with Crippen molar-refractivity contribution in [3.8, 4) is 0 Å². The van der Waals surface area contributed by atoms with E-state index in [1.165, 1.54) is 19.3 Å². The van der Waals surface area contributed by atoms with Crippen molar-refractivity contribution in [1.82, 2.24) is 0 Å². The van der Waals surface area contributed by atoms with Crippen molar-refractivity contribution in [2.75, 3.05) is 0 Å². The lowest BCUT2D eigenvalue weighted by molar-refractivity contribution is 0.160. The lowest BCUT2D eigenvalue weighted by atomic mass is 10.1. The summed E-state index contributed by atoms with van der Waals surface area (Å²) >= 11 is 0.